The number of halogens is 3. The van der Waals surface area contributed by atoms with E-state index in [2.05, 4.69) is 5.32 Å². The second-order valence-electron chi connectivity index (χ2n) is 8.80. The average molecular weight is 554 g/mol. The first-order valence-corrected chi connectivity index (χ1v) is 12.2. The lowest BCUT2D eigenvalue weighted by Crippen LogP contribution is -2.49. The van der Waals surface area contributed by atoms with Gasteiger partial charge in [0.15, 0.2) is 0 Å². The number of fused-ring (bicyclic) bond motifs is 1. The van der Waals surface area contributed by atoms with Crippen molar-refractivity contribution in [3.8, 4) is 0 Å². The smallest absolute Gasteiger partial charge is 0.328 e. The summed E-state index contributed by atoms with van der Waals surface area (Å²) < 4.78 is 0. The third kappa shape index (κ3) is 5.44. The Labute approximate surface area is 222 Å². The maximum absolute atomic E-state index is 13.1. The highest BCUT2D eigenvalue weighted by atomic mass is 35.5. The van der Waals surface area contributed by atoms with Crippen molar-refractivity contribution in [2.75, 3.05) is 33.4 Å². The third-order valence-corrected chi connectivity index (χ3v) is 7.15. The normalized spacial score (nSPS) is 16.6. The summed E-state index contributed by atoms with van der Waals surface area (Å²) in [5.74, 6) is -2.43. The topological polar surface area (TPSA) is 110 Å². The Kier molecular flexibility index (Phi) is 7.75. The Bertz CT molecular complexity index is 1240. The Balaban J connectivity index is 1.51. The summed E-state index contributed by atoms with van der Waals surface area (Å²) in [6, 6.07) is 6.83. The Morgan fingerprint density at radius 3 is 2.42 bits per heavy atom. The lowest BCUT2D eigenvalue weighted by atomic mass is 9.96. The van der Waals surface area contributed by atoms with Gasteiger partial charge in [-0.1, -0.05) is 34.8 Å². The van der Waals surface area contributed by atoms with Crippen molar-refractivity contribution in [1.82, 2.24) is 20.0 Å². The van der Waals surface area contributed by atoms with Crippen LogP contribution in [0.25, 0.3) is 0 Å². The minimum atomic E-state index is -1.34. The van der Waals surface area contributed by atoms with Crippen molar-refractivity contribution in [2.24, 2.45) is 0 Å². The molecule has 1 fully saturated rings. The molecule has 4 rings (SSSR count). The van der Waals surface area contributed by atoms with Crippen LogP contribution in [-0.2, 0) is 22.6 Å². The van der Waals surface area contributed by atoms with E-state index in [1.807, 2.05) is 0 Å². The number of aliphatic carboxylic acids is 1. The molecule has 0 spiro atoms. The molecular weight excluding hydrogens is 531 g/mol. The van der Waals surface area contributed by atoms with E-state index in [1.54, 1.807) is 47.2 Å². The molecule has 2 heterocycles. The van der Waals surface area contributed by atoms with E-state index in [0.717, 1.165) is 0 Å². The molecule has 9 nitrogen and oxygen atoms in total. The van der Waals surface area contributed by atoms with Crippen LogP contribution < -0.4 is 5.32 Å². The molecule has 3 amide bonds. The molecule has 190 valence electrons. The highest BCUT2D eigenvalue weighted by Gasteiger charge is 2.33. The summed E-state index contributed by atoms with van der Waals surface area (Å²) in [6.45, 7) is 0.885. The lowest BCUT2D eigenvalue weighted by Gasteiger charge is -2.30. The highest BCUT2D eigenvalue weighted by Crippen LogP contribution is 2.35. The minimum Gasteiger partial charge on any atom is -0.480 e. The second kappa shape index (κ2) is 10.6. The van der Waals surface area contributed by atoms with Crippen LogP contribution in [0.4, 0.5) is 0 Å². The first-order valence-electron chi connectivity index (χ1n) is 11.1. The maximum Gasteiger partial charge on any atom is 0.328 e. The van der Waals surface area contributed by atoms with Crippen LogP contribution in [0.2, 0.25) is 15.1 Å². The fourth-order valence-corrected chi connectivity index (χ4v) is 5.25. The predicted molar refractivity (Wildman–Crippen MR) is 134 cm³/mol. The Morgan fingerprint density at radius 1 is 1.11 bits per heavy atom. The highest BCUT2D eigenvalue weighted by molar-refractivity contribution is 6.40. The predicted octanol–water partition coefficient (Wildman–Crippen LogP) is 2.76. The van der Waals surface area contributed by atoms with Crippen LogP contribution >= 0.6 is 34.8 Å². The number of carboxylic acid groups (broad SMARTS) is 1. The summed E-state index contributed by atoms with van der Waals surface area (Å²) in [7, 11) is 1.74. The summed E-state index contributed by atoms with van der Waals surface area (Å²) in [5.41, 5.74) is 1.84. The summed E-state index contributed by atoms with van der Waals surface area (Å²) >= 11 is 18.9. The van der Waals surface area contributed by atoms with Gasteiger partial charge in [-0.2, -0.15) is 0 Å². The molecule has 12 heteroatoms. The zero-order chi connectivity index (χ0) is 26.1. The van der Waals surface area contributed by atoms with Gasteiger partial charge < -0.3 is 20.2 Å². The van der Waals surface area contributed by atoms with E-state index in [9.17, 15) is 24.3 Å². The monoisotopic (exact) mass is 552 g/mol. The van der Waals surface area contributed by atoms with Gasteiger partial charge in [0.05, 0.1) is 35.4 Å². The van der Waals surface area contributed by atoms with Crippen LogP contribution in [0.5, 0.6) is 0 Å². The molecule has 0 bridgehead atoms. The molecule has 0 unspecified atom stereocenters. The number of carboxylic acids is 1. The molecule has 2 aliphatic heterocycles. The first kappa shape index (κ1) is 26.2. The first-order chi connectivity index (χ1) is 17.0. The number of nitrogens with one attached hydrogen (secondary N) is 1. The molecule has 2 N–H and O–H groups in total. The van der Waals surface area contributed by atoms with Gasteiger partial charge in [-0.3, -0.25) is 19.3 Å². The van der Waals surface area contributed by atoms with Crippen LogP contribution in [0.15, 0.2) is 30.3 Å². The largest absolute Gasteiger partial charge is 0.480 e. The number of hydrogen-bond donors (Lipinski definition) is 2. The summed E-state index contributed by atoms with van der Waals surface area (Å²) in [4.78, 5) is 54.6. The van der Waals surface area contributed by atoms with E-state index in [4.69, 9.17) is 34.8 Å². The van der Waals surface area contributed by atoms with Gasteiger partial charge in [0.2, 0.25) is 5.91 Å². The Hall–Kier alpha value is -2.85. The number of carbonyl (C=O) groups excluding carboxylic acids is 3. The minimum absolute atomic E-state index is 0.0364. The van der Waals surface area contributed by atoms with Crippen molar-refractivity contribution in [1.29, 1.82) is 0 Å². The van der Waals surface area contributed by atoms with Gasteiger partial charge in [-0.15, -0.1) is 0 Å². The van der Waals surface area contributed by atoms with Gasteiger partial charge >= 0.3 is 5.97 Å². The van der Waals surface area contributed by atoms with Gasteiger partial charge in [0.25, 0.3) is 11.8 Å². The lowest BCUT2D eigenvalue weighted by molar-refractivity contribution is -0.140. The molecule has 36 heavy (non-hydrogen) atoms. The van der Waals surface area contributed by atoms with Gasteiger partial charge in [-0.25, -0.2) is 4.79 Å². The zero-order valence-electron chi connectivity index (χ0n) is 19.3. The van der Waals surface area contributed by atoms with E-state index >= 15 is 0 Å². The molecule has 1 saturated heterocycles. The standard InChI is InChI=1S/C24H23Cl3N4O5/c1-29-11-19(32)31(12-29)10-18(24(35)36)28-22(33)20-17(26)8-14-9-30(7-6-16(14)21(20)27)23(34)13-2-4-15(25)5-3-13/h2-5,8,18H,6-7,9-12H2,1H3,(H,28,33)(H,35,36)/t18-/m0/s1. The van der Waals surface area contributed by atoms with Gasteiger partial charge in [-0.05, 0) is 54.9 Å². The number of nitrogens with zero attached hydrogens (tertiary/aromatic N) is 3. The quantitative estimate of drug-likeness (QED) is 0.569. The van der Waals surface area contributed by atoms with Crippen molar-refractivity contribution < 1.29 is 24.3 Å². The van der Waals surface area contributed by atoms with E-state index < -0.39 is 17.9 Å². The van der Waals surface area contributed by atoms with Crippen LogP contribution in [0.3, 0.4) is 0 Å². The Morgan fingerprint density at radius 2 is 1.81 bits per heavy atom. The number of carbonyl (C=O) groups is 4. The number of hydrogen-bond acceptors (Lipinski definition) is 5. The molecule has 0 radical (unpaired) electrons. The van der Waals surface area contributed by atoms with E-state index in [-0.39, 0.29) is 53.7 Å². The summed E-state index contributed by atoms with van der Waals surface area (Å²) in [5, 5.41) is 12.8. The van der Waals surface area contributed by atoms with Crippen LogP contribution in [-0.4, -0.2) is 82.9 Å². The molecule has 2 aliphatic rings. The fourth-order valence-electron chi connectivity index (χ4n) is 4.36. The second-order valence-corrected chi connectivity index (χ2v) is 10.0. The fraction of sp³-hybridized carbons (Fsp3) is 0.333. The van der Waals surface area contributed by atoms with Gasteiger partial charge in [0.1, 0.15) is 6.04 Å². The molecule has 0 aromatic heterocycles. The maximum atomic E-state index is 13.1. The van der Waals surface area contributed by atoms with Crippen molar-refractivity contribution >= 4 is 58.5 Å². The molecular formula is C24H23Cl3N4O5. The van der Waals surface area contributed by atoms with E-state index in [1.165, 1.54) is 4.90 Å². The van der Waals surface area contributed by atoms with Crippen molar-refractivity contribution in [3.63, 3.8) is 0 Å². The van der Waals surface area contributed by atoms with Gasteiger partial charge in [0, 0.05) is 23.7 Å². The number of amides is 3. The van der Waals surface area contributed by atoms with Crippen molar-refractivity contribution in [2.45, 2.75) is 19.0 Å². The van der Waals surface area contributed by atoms with Crippen molar-refractivity contribution in [3.05, 3.63) is 67.7 Å². The molecule has 2 aromatic rings. The molecule has 2 aromatic carbocycles. The number of rotatable bonds is 6. The zero-order valence-corrected chi connectivity index (χ0v) is 21.5. The average Bonchev–Trinajstić information content (AvgIpc) is 3.14. The van der Waals surface area contributed by atoms with E-state index in [0.29, 0.717) is 34.7 Å². The molecule has 1 atom stereocenters. The molecule has 0 aliphatic carbocycles. The number of likely N-dealkylation sites (N-methyl/N-ethyl adjacent to an activating group) is 1. The third-order valence-electron chi connectivity index (χ3n) is 6.19. The SMILES string of the molecule is CN1CC(=O)N(C[C@H](NC(=O)c2c(Cl)cc3c(c2Cl)CCN(C(=O)c2ccc(Cl)cc2)C3)C(=O)O)C1. The molecule has 0 saturated carbocycles. The summed E-state index contributed by atoms with van der Waals surface area (Å²) in [6.07, 6.45) is 0.391. The number of benzene rings is 2. The van der Waals surface area contributed by atoms with Crippen LogP contribution in [0.1, 0.15) is 31.8 Å². The van der Waals surface area contributed by atoms with Crippen LogP contribution in [0, 0.1) is 0 Å².